The summed E-state index contributed by atoms with van der Waals surface area (Å²) in [5, 5.41) is 12.8. The van der Waals surface area contributed by atoms with Crippen LogP contribution >= 0.6 is 34.9 Å². The van der Waals surface area contributed by atoms with E-state index in [4.69, 9.17) is 4.98 Å². The van der Waals surface area contributed by atoms with Crippen LogP contribution in [0.3, 0.4) is 0 Å². The first-order valence-corrected chi connectivity index (χ1v) is 17.1. The van der Waals surface area contributed by atoms with E-state index in [0.29, 0.717) is 5.16 Å². The molecular formula is C36H27N5OS3. The lowest BCUT2D eigenvalue weighted by Crippen LogP contribution is -2.14. The zero-order valence-corrected chi connectivity index (χ0v) is 26.4. The van der Waals surface area contributed by atoms with Crippen LogP contribution in [0.15, 0.2) is 149 Å². The van der Waals surface area contributed by atoms with E-state index in [2.05, 4.69) is 64.0 Å². The number of carbonyl (C=O) groups is 1. The summed E-state index contributed by atoms with van der Waals surface area (Å²) in [6, 6.07) is 46.8. The number of rotatable bonds is 10. The largest absolute Gasteiger partial charge is 0.325 e. The highest BCUT2D eigenvalue weighted by atomic mass is 32.2. The van der Waals surface area contributed by atoms with E-state index >= 15 is 0 Å². The average molecular weight is 642 g/mol. The maximum Gasteiger partial charge on any atom is 0.234 e. The molecule has 7 aromatic rings. The van der Waals surface area contributed by atoms with Crippen LogP contribution in [0, 0.1) is 0 Å². The minimum atomic E-state index is -0.115. The lowest BCUT2D eigenvalue weighted by molar-refractivity contribution is -0.113. The molecule has 0 saturated heterocycles. The molecule has 0 radical (unpaired) electrons. The second-order valence-corrected chi connectivity index (χ2v) is 13.5. The molecule has 9 heteroatoms. The van der Waals surface area contributed by atoms with Gasteiger partial charge in [0.15, 0.2) is 15.3 Å². The van der Waals surface area contributed by atoms with Crippen molar-refractivity contribution in [1.29, 1.82) is 0 Å². The van der Waals surface area contributed by atoms with E-state index in [1.807, 2.05) is 95.6 Å². The molecule has 0 aliphatic carbocycles. The fourth-order valence-corrected chi connectivity index (χ4v) is 8.17. The van der Waals surface area contributed by atoms with Gasteiger partial charge >= 0.3 is 0 Å². The Labute approximate surface area is 273 Å². The predicted molar refractivity (Wildman–Crippen MR) is 186 cm³/mol. The highest BCUT2D eigenvalue weighted by molar-refractivity contribution is 8.01. The van der Waals surface area contributed by atoms with Crippen LogP contribution in [-0.4, -0.2) is 31.4 Å². The van der Waals surface area contributed by atoms with Crippen molar-refractivity contribution in [2.75, 3.05) is 11.1 Å². The molecule has 1 amide bonds. The average Bonchev–Trinajstić information content (AvgIpc) is 3.71. The van der Waals surface area contributed by atoms with E-state index in [1.165, 1.54) is 22.9 Å². The van der Waals surface area contributed by atoms with E-state index in [-0.39, 0.29) is 16.9 Å². The van der Waals surface area contributed by atoms with Gasteiger partial charge in [-0.25, -0.2) is 4.98 Å². The number of nitrogens with one attached hydrogen (secondary N) is 1. The summed E-state index contributed by atoms with van der Waals surface area (Å²) >= 11 is 4.75. The number of thiazole rings is 1. The van der Waals surface area contributed by atoms with Crippen molar-refractivity contribution in [3.63, 3.8) is 0 Å². The summed E-state index contributed by atoms with van der Waals surface area (Å²) < 4.78 is 4.00. The maximum atomic E-state index is 13.1. The Hall–Kier alpha value is -4.70. The summed E-state index contributed by atoms with van der Waals surface area (Å²) in [5.41, 5.74) is 6.02. The van der Waals surface area contributed by atoms with Gasteiger partial charge in [0.25, 0.3) is 0 Å². The predicted octanol–water partition coefficient (Wildman–Crippen LogP) is 9.16. The number of hydrogen-bond acceptors (Lipinski definition) is 7. The molecule has 0 bridgehead atoms. The van der Waals surface area contributed by atoms with Crippen LogP contribution in [0.1, 0.15) is 16.4 Å². The Bertz CT molecular complexity index is 1990. The second kappa shape index (κ2) is 13.5. The van der Waals surface area contributed by atoms with Crippen molar-refractivity contribution in [2.45, 2.75) is 14.7 Å². The number of anilines is 1. The molecule has 7 rings (SSSR count). The van der Waals surface area contributed by atoms with Gasteiger partial charge in [0, 0.05) is 16.9 Å². The lowest BCUT2D eigenvalue weighted by Gasteiger charge is -2.16. The van der Waals surface area contributed by atoms with Gasteiger partial charge in [-0.05, 0) is 41.5 Å². The minimum absolute atomic E-state index is 0.115. The van der Waals surface area contributed by atoms with Crippen LogP contribution in [0.25, 0.3) is 27.3 Å². The zero-order chi connectivity index (χ0) is 30.4. The van der Waals surface area contributed by atoms with E-state index in [0.717, 1.165) is 37.3 Å². The summed E-state index contributed by atoms with van der Waals surface area (Å²) in [4.78, 5) is 18.0. The summed E-state index contributed by atoms with van der Waals surface area (Å²) in [6.07, 6.45) is 0. The maximum absolute atomic E-state index is 13.1. The fraction of sp³-hybridized carbons (Fsp3) is 0.0556. The van der Waals surface area contributed by atoms with Gasteiger partial charge in [0.05, 0.1) is 21.2 Å². The third-order valence-electron chi connectivity index (χ3n) is 7.09. The van der Waals surface area contributed by atoms with Crippen molar-refractivity contribution in [2.24, 2.45) is 0 Å². The molecule has 0 spiro atoms. The number of para-hydroxylation sites is 1. The number of nitrogens with zero attached hydrogens (tertiary/aromatic N) is 4. The van der Waals surface area contributed by atoms with Crippen LogP contribution in [0.2, 0.25) is 0 Å². The van der Waals surface area contributed by atoms with Crippen molar-refractivity contribution in [3.8, 4) is 17.1 Å². The topological polar surface area (TPSA) is 72.7 Å². The molecule has 1 N–H and O–H groups in total. The number of hydrogen-bond donors (Lipinski definition) is 1. The Morgan fingerprint density at radius 3 is 2.04 bits per heavy atom. The van der Waals surface area contributed by atoms with E-state index in [9.17, 15) is 4.79 Å². The Balaban J connectivity index is 1.06. The van der Waals surface area contributed by atoms with Gasteiger partial charge in [-0.3, -0.25) is 9.36 Å². The Kier molecular flexibility index (Phi) is 8.72. The third kappa shape index (κ3) is 6.71. The molecular weight excluding hydrogens is 615 g/mol. The summed E-state index contributed by atoms with van der Waals surface area (Å²) in [7, 11) is 0. The Morgan fingerprint density at radius 2 is 1.38 bits per heavy atom. The van der Waals surface area contributed by atoms with Crippen LogP contribution < -0.4 is 5.32 Å². The van der Waals surface area contributed by atoms with Gasteiger partial charge in [-0.2, -0.15) is 0 Å². The van der Waals surface area contributed by atoms with Crippen molar-refractivity contribution >= 4 is 56.7 Å². The van der Waals surface area contributed by atoms with Gasteiger partial charge < -0.3 is 5.32 Å². The summed E-state index contributed by atoms with van der Waals surface area (Å²) in [6.45, 7) is 0. The molecule has 5 aromatic carbocycles. The SMILES string of the molecule is O=C(CSc1nnc(-c2ccccc2)n1-c1ccccc1)Nc1ccc2nc(SC(c3ccccc3)c3ccccc3)sc2c1. The molecule has 2 heterocycles. The highest BCUT2D eigenvalue weighted by Crippen LogP contribution is 2.43. The van der Waals surface area contributed by atoms with Crippen LogP contribution in [0.4, 0.5) is 5.69 Å². The molecule has 0 saturated carbocycles. The first-order valence-electron chi connectivity index (χ1n) is 14.4. The molecule has 0 unspecified atom stereocenters. The second-order valence-electron chi connectivity index (χ2n) is 10.2. The molecule has 0 atom stereocenters. The smallest absolute Gasteiger partial charge is 0.234 e. The number of fused-ring (bicyclic) bond motifs is 1. The van der Waals surface area contributed by atoms with Crippen molar-refractivity contribution in [3.05, 3.63) is 151 Å². The van der Waals surface area contributed by atoms with Crippen molar-refractivity contribution in [1.82, 2.24) is 19.7 Å². The van der Waals surface area contributed by atoms with Gasteiger partial charge in [-0.15, -0.1) is 21.5 Å². The third-order valence-corrected chi connectivity index (χ3v) is 10.4. The highest BCUT2D eigenvalue weighted by Gasteiger charge is 2.19. The number of thioether (sulfide) groups is 2. The Morgan fingerprint density at radius 1 is 0.756 bits per heavy atom. The normalized spacial score (nSPS) is 11.2. The molecule has 2 aromatic heterocycles. The monoisotopic (exact) mass is 641 g/mol. The molecule has 45 heavy (non-hydrogen) atoms. The van der Waals surface area contributed by atoms with Crippen LogP contribution in [0.5, 0.6) is 0 Å². The van der Waals surface area contributed by atoms with Gasteiger partial charge in [0.2, 0.25) is 5.91 Å². The van der Waals surface area contributed by atoms with Crippen molar-refractivity contribution < 1.29 is 4.79 Å². The molecule has 0 fully saturated rings. The lowest BCUT2D eigenvalue weighted by atomic mass is 10.0. The molecule has 0 aliphatic rings. The molecule has 220 valence electrons. The van der Waals surface area contributed by atoms with E-state index < -0.39 is 0 Å². The summed E-state index contributed by atoms with van der Waals surface area (Å²) in [5.74, 6) is 0.809. The number of aromatic nitrogens is 4. The van der Waals surface area contributed by atoms with E-state index in [1.54, 1.807) is 23.1 Å². The first-order chi connectivity index (χ1) is 22.2. The molecule has 6 nitrogen and oxygen atoms in total. The molecule has 0 aliphatic heterocycles. The van der Waals surface area contributed by atoms with Gasteiger partial charge in [-0.1, -0.05) is 133 Å². The van der Waals surface area contributed by atoms with Crippen LogP contribution in [-0.2, 0) is 4.79 Å². The standard InChI is InChI=1S/C36H27N5OS3/c42-32(24-43-35-40-39-34(27-17-9-3-10-18-27)41(35)29-19-11-4-12-20-29)37-28-21-22-30-31(23-28)44-36(38-30)45-33(25-13-5-1-6-14-25)26-15-7-2-8-16-26/h1-23,33H,24H2,(H,37,42). The zero-order valence-electron chi connectivity index (χ0n) is 24.0. The fourth-order valence-electron chi connectivity index (χ4n) is 4.99. The number of carbonyl (C=O) groups excluding carboxylic acids is 1. The number of amides is 1. The first kappa shape index (κ1) is 29.0. The van der Waals surface area contributed by atoms with Gasteiger partial charge in [0.1, 0.15) is 0 Å². The minimum Gasteiger partial charge on any atom is -0.325 e. The quantitative estimate of drug-likeness (QED) is 0.150. The number of benzene rings is 5.